The number of hydrogen-bond donors (Lipinski definition) is 0. The van der Waals surface area contributed by atoms with Crippen LogP contribution in [0.3, 0.4) is 0 Å². The first-order valence-corrected chi connectivity index (χ1v) is 7.07. The summed E-state index contributed by atoms with van der Waals surface area (Å²) in [7, 11) is -0.565. The monoisotopic (exact) mass is 271 g/mol. The molecule has 0 bridgehead atoms. The number of aryl methyl sites for hydroxylation is 1. The third kappa shape index (κ3) is 4.75. The fourth-order valence-corrected chi connectivity index (χ4v) is 2.13. The maximum atomic E-state index is 11.6. The maximum absolute atomic E-state index is 11.6. The average Bonchev–Trinajstić information content (AvgIpc) is 2.29. The van der Waals surface area contributed by atoms with Crippen LogP contribution in [-0.4, -0.2) is 39.1 Å². The summed E-state index contributed by atoms with van der Waals surface area (Å²) < 4.78 is 28.1. The van der Waals surface area contributed by atoms with E-state index >= 15 is 0 Å². The molecule has 6 heteroatoms. The van der Waals surface area contributed by atoms with E-state index in [-0.39, 0.29) is 23.8 Å². The number of carbonyl (C=O) groups is 1. The molecule has 0 aliphatic rings. The van der Waals surface area contributed by atoms with Crippen LogP contribution in [0.1, 0.15) is 12.0 Å². The van der Waals surface area contributed by atoms with Gasteiger partial charge >= 0.3 is 10.1 Å². The third-order valence-corrected chi connectivity index (χ3v) is 3.46. The lowest BCUT2D eigenvalue weighted by atomic mass is 10.2. The Balaban J connectivity index is 2.60. The summed E-state index contributed by atoms with van der Waals surface area (Å²) in [6.07, 6.45) is -0.0821. The molecule has 0 fully saturated rings. The van der Waals surface area contributed by atoms with Crippen LogP contribution in [0.25, 0.3) is 0 Å². The van der Waals surface area contributed by atoms with Gasteiger partial charge in [-0.05, 0) is 19.1 Å². The predicted octanol–water partition coefficient (Wildman–Crippen LogP) is 1.18. The van der Waals surface area contributed by atoms with E-state index in [1.807, 2.05) is 6.92 Å². The quantitative estimate of drug-likeness (QED) is 0.754. The Morgan fingerprint density at radius 3 is 2.28 bits per heavy atom. The minimum absolute atomic E-state index is 0.0821. The largest absolute Gasteiger partial charge is 0.382 e. The van der Waals surface area contributed by atoms with E-state index in [0.717, 1.165) is 5.56 Å². The van der Waals surface area contributed by atoms with Gasteiger partial charge in [-0.1, -0.05) is 17.7 Å². The molecule has 0 aromatic heterocycles. The topological polar surface area (TPSA) is 63.7 Å². The van der Waals surface area contributed by atoms with E-state index in [1.165, 1.54) is 4.90 Å². The number of carbonyl (C=O) groups excluding carboxylic acids is 1. The second-order valence-electron chi connectivity index (χ2n) is 4.20. The van der Waals surface area contributed by atoms with Crippen molar-refractivity contribution in [2.45, 2.75) is 13.3 Å². The second-order valence-corrected chi connectivity index (χ2v) is 5.89. The fourth-order valence-electron chi connectivity index (χ4n) is 1.22. The van der Waals surface area contributed by atoms with Crippen molar-refractivity contribution in [3.63, 3.8) is 0 Å². The summed E-state index contributed by atoms with van der Waals surface area (Å²) in [5, 5.41) is 0. The van der Waals surface area contributed by atoms with Gasteiger partial charge in [0, 0.05) is 20.5 Å². The van der Waals surface area contributed by atoms with Crippen LogP contribution in [0.2, 0.25) is 0 Å². The Kier molecular flexibility index (Phi) is 4.72. The molecule has 0 radical (unpaired) electrons. The Morgan fingerprint density at radius 2 is 1.78 bits per heavy atom. The molecule has 5 nitrogen and oxygen atoms in total. The van der Waals surface area contributed by atoms with Crippen LogP contribution in [-0.2, 0) is 14.9 Å². The van der Waals surface area contributed by atoms with Crippen molar-refractivity contribution >= 4 is 16.0 Å². The number of amides is 1. The minimum atomic E-state index is -3.72. The molecular weight excluding hydrogens is 254 g/mol. The molecule has 1 aromatic rings. The lowest BCUT2D eigenvalue weighted by Crippen LogP contribution is -2.25. The predicted molar refractivity (Wildman–Crippen MR) is 68.9 cm³/mol. The van der Waals surface area contributed by atoms with Gasteiger partial charge in [0.2, 0.25) is 5.91 Å². The zero-order valence-electron chi connectivity index (χ0n) is 10.7. The number of hydrogen-bond acceptors (Lipinski definition) is 4. The van der Waals surface area contributed by atoms with Crippen LogP contribution < -0.4 is 4.18 Å². The molecule has 1 amide bonds. The lowest BCUT2D eigenvalue weighted by molar-refractivity contribution is -0.128. The van der Waals surface area contributed by atoms with Crippen molar-refractivity contribution in [3.8, 4) is 5.75 Å². The van der Waals surface area contributed by atoms with Crippen LogP contribution in [0, 0.1) is 6.92 Å². The molecule has 1 rings (SSSR count). The maximum Gasteiger partial charge on any atom is 0.309 e. The Morgan fingerprint density at radius 1 is 1.22 bits per heavy atom. The van der Waals surface area contributed by atoms with Gasteiger partial charge in [-0.25, -0.2) is 0 Å². The van der Waals surface area contributed by atoms with Gasteiger partial charge in [-0.2, -0.15) is 8.42 Å². The molecule has 0 atom stereocenters. The summed E-state index contributed by atoms with van der Waals surface area (Å²) in [6.45, 7) is 1.90. The van der Waals surface area contributed by atoms with E-state index in [9.17, 15) is 13.2 Å². The molecule has 0 spiro atoms. The molecule has 0 aliphatic heterocycles. The number of benzene rings is 1. The Labute approximate surface area is 107 Å². The van der Waals surface area contributed by atoms with E-state index in [1.54, 1.807) is 38.4 Å². The van der Waals surface area contributed by atoms with E-state index in [0.29, 0.717) is 0 Å². The van der Waals surface area contributed by atoms with E-state index in [4.69, 9.17) is 4.18 Å². The molecular formula is C12H17NO4S. The summed E-state index contributed by atoms with van der Waals surface area (Å²) in [5.41, 5.74) is 1.02. The van der Waals surface area contributed by atoms with E-state index < -0.39 is 10.1 Å². The summed E-state index contributed by atoms with van der Waals surface area (Å²) in [5.74, 6) is -0.304. The van der Waals surface area contributed by atoms with Crippen molar-refractivity contribution in [1.82, 2.24) is 4.90 Å². The summed E-state index contributed by atoms with van der Waals surface area (Å²) in [4.78, 5) is 12.6. The molecule has 0 unspecified atom stereocenters. The summed E-state index contributed by atoms with van der Waals surface area (Å²) >= 11 is 0. The lowest BCUT2D eigenvalue weighted by Gasteiger charge is -2.10. The fraction of sp³-hybridized carbons (Fsp3) is 0.417. The summed E-state index contributed by atoms with van der Waals surface area (Å²) in [6, 6.07) is 6.69. The van der Waals surface area contributed by atoms with Crippen LogP contribution in [0.4, 0.5) is 0 Å². The smallest absolute Gasteiger partial charge is 0.309 e. The molecule has 0 heterocycles. The highest BCUT2D eigenvalue weighted by Crippen LogP contribution is 2.14. The molecule has 0 saturated heterocycles. The molecule has 18 heavy (non-hydrogen) atoms. The zero-order chi connectivity index (χ0) is 13.8. The first-order valence-electron chi connectivity index (χ1n) is 5.49. The highest BCUT2D eigenvalue weighted by Gasteiger charge is 2.16. The third-order valence-electron chi connectivity index (χ3n) is 2.31. The van der Waals surface area contributed by atoms with Crippen LogP contribution in [0.5, 0.6) is 5.75 Å². The first kappa shape index (κ1) is 14.5. The van der Waals surface area contributed by atoms with Crippen molar-refractivity contribution in [2.24, 2.45) is 0 Å². The first-order chi connectivity index (χ1) is 8.30. The van der Waals surface area contributed by atoms with Gasteiger partial charge < -0.3 is 9.08 Å². The number of rotatable bonds is 5. The highest BCUT2D eigenvalue weighted by molar-refractivity contribution is 7.87. The minimum Gasteiger partial charge on any atom is -0.382 e. The Hall–Kier alpha value is -1.56. The van der Waals surface area contributed by atoms with Gasteiger partial charge in [0.15, 0.2) is 0 Å². The molecule has 0 saturated carbocycles. The molecule has 0 aliphatic carbocycles. The Bertz CT molecular complexity index is 505. The normalized spacial score (nSPS) is 11.1. The molecule has 1 aromatic carbocycles. The van der Waals surface area contributed by atoms with Crippen molar-refractivity contribution in [1.29, 1.82) is 0 Å². The highest BCUT2D eigenvalue weighted by atomic mass is 32.2. The van der Waals surface area contributed by atoms with Crippen molar-refractivity contribution < 1.29 is 17.4 Å². The van der Waals surface area contributed by atoms with Gasteiger partial charge in [0.25, 0.3) is 0 Å². The molecule has 0 N–H and O–H groups in total. The van der Waals surface area contributed by atoms with Gasteiger partial charge in [0.05, 0.1) is 5.75 Å². The van der Waals surface area contributed by atoms with Crippen molar-refractivity contribution in [3.05, 3.63) is 29.8 Å². The van der Waals surface area contributed by atoms with Gasteiger partial charge in [0.1, 0.15) is 5.75 Å². The van der Waals surface area contributed by atoms with Crippen molar-refractivity contribution in [2.75, 3.05) is 19.8 Å². The zero-order valence-corrected chi connectivity index (χ0v) is 11.5. The van der Waals surface area contributed by atoms with Gasteiger partial charge in [-0.15, -0.1) is 0 Å². The SMILES string of the molecule is Cc1ccc(OS(=O)(=O)CCC(=O)N(C)C)cc1. The number of nitrogens with zero attached hydrogens (tertiary/aromatic N) is 1. The average molecular weight is 271 g/mol. The molecule has 100 valence electrons. The van der Waals surface area contributed by atoms with E-state index in [2.05, 4.69) is 0 Å². The second kappa shape index (κ2) is 5.86. The van der Waals surface area contributed by atoms with Gasteiger partial charge in [-0.3, -0.25) is 4.79 Å². The van der Waals surface area contributed by atoms with Crippen LogP contribution >= 0.6 is 0 Å². The standard InChI is InChI=1S/C12H17NO4S/c1-10-4-6-11(7-5-10)17-18(15,16)9-8-12(14)13(2)3/h4-7H,8-9H2,1-3H3. The van der Waals surface area contributed by atoms with Crippen LogP contribution in [0.15, 0.2) is 24.3 Å².